The van der Waals surface area contributed by atoms with Crippen LogP contribution < -0.4 is 5.73 Å². The smallest absolute Gasteiger partial charge is 0.118 e. The van der Waals surface area contributed by atoms with Crippen molar-refractivity contribution in [3.05, 3.63) is 29.3 Å². The van der Waals surface area contributed by atoms with Gasteiger partial charge in [0.15, 0.2) is 0 Å². The second kappa shape index (κ2) is 3.59. The molecule has 1 atom stereocenters. The maximum atomic E-state index is 9.37. The molecule has 0 saturated heterocycles. The number of phenolic OH excluding ortho intramolecular Hbond substituents is 1. The molecule has 0 bridgehead atoms. The molecule has 0 unspecified atom stereocenters. The molecule has 1 rings (SSSR count). The van der Waals surface area contributed by atoms with Gasteiger partial charge in [-0.05, 0) is 37.5 Å². The Bertz CT molecular complexity index is 269. The van der Waals surface area contributed by atoms with E-state index in [-0.39, 0.29) is 6.04 Å². The van der Waals surface area contributed by atoms with Crippen LogP contribution in [0.3, 0.4) is 0 Å². The summed E-state index contributed by atoms with van der Waals surface area (Å²) in [6.07, 6.45) is 0.820. The third-order valence-corrected chi connectivity index (χ3v) is 1.96. The molecule has 0 aliphatic heterocycles. The zero-order valence-electron chi connectivity index (χ0n) is 7.54. The SMILES string of the molecule is Cc1c(O)cccc1C[C@@H](C)N. The van der Waals surface area contributed by atoms with Crippen LogP contribution in [0.5, 0.6) is 5.75 Å². The fourth-order valence-electron chi connectivity index (χ4n) is 1.24. The molecule has 1 aromatic rings. The molecular formula is C10H15NO. The zero-order chi connectivity index (χ0) is 9.14. The summed E-state index contributed by atoms with van der Waals surface area (Å²) in [6, 6.07) is 5.68. The van der Waals surface area contributed by atoms with E-state index < -0.39 is 0 Å². The average Bonchev–Trinajstić information content (AvgIpc) is 1.98. The van der Waals surface area contributed by atoms with Crippen molar-refractivity contribution in [1.82, 2.24) is 0 Å². The van der Waals surface area contributed by atoms with E-state index in [1.807, 2.05) is 26.0 Å². The van der Waals surface area contributed by atoms with Crippen LogP contribution in [0.4, 0.5) is 0 Å². The normalized spacial score (nSPS) is 12.9. The fraction of sp³-hybridized carbons (Fsp3) is 0.400. The lowest BCUT2D eigenvalue weighted by molar-refractivity contribution is 0.469. The van der Waals surface area contributed by atoms with Crippen LogP contribution in [0.2, 0.25) is 0 Å². The predicted octanol–water partition coefficient (Wildman–Crippen LogP) is 1.59. The summed E-state index contributed by atoms with van der Waals surface area (Å²) < 4.78 is 0. The van der Waals surface area contributed by atoms with Crippen LogP contribution in [-0.2, 0) is 6.42 Å². The number of hydrogen-bond acceptors (Lipinski definition) is 2. The van der Waals surface area contributed by atoms with Crippen molar-refractivity contribution in [1.29, 1.82) is 0 Å². The molecule has 66 valence electrons. The van der Waals surface area contributed by atoms with Gasteiger partial charge in [-0.1, -0.05) is 12.1 Å². The molecule has 2 nitrogen and oxygen atoms in total. The molecule has 12 heavy (non-hydrogen) atoms. The summed E-state index contributed by atoms with van der Waals surface area (Å²) >= 11 is 0. The zero-order valence-corrected chi connectivity index (χ0v) is 7.54. The minimum Gasteiger partial charge on any atom is -0.508 e. The summed E-state index contributed by atoms with van der Waals surface area (Å²) in [6.45, 7) is 3.87. The van der Waals surface area contributed by atoms with Crippen molar-refractivity contribution < 1.29 is 5.11 Å². The van der Waals surface area contributed by atoms with Crippen LogP contribution >= 0.6 is 0 Å². The van der Waals surface area contributed by atoms with E-state index in [2.05, 4.69) is 0 Å². The summed E-state index contributed by atoms with van der Waals surface area (Å²) in [7, 11) is 0. The van der Waals surface area contributed by atoms with Gasteiger partial charge in [-0.15, -0.1) is 0 Å². The third kappa shape index (κ3) is 1.98. The van der Waals surface area contributed by atoms with Gasteiger partial charge in [0.25, 0.3) is 0 Å². The van der Waals surface area contributed by atoms with Gasteiger partial charge in [-0.3, -0.25) is 0 Å². The molecule has 0 amide bonds. The van der Waals surface area contributed by atoms with Gasteiger partial charge in [0.1, 0.15) is 5.75 Å². The number of nitrogens with two attached hydrogens (primary N) is 1. The van der Waals surface area contributed by atoms with Crippen LogP contribution in [0, 0.1) is 6.92 Å². The Labute approximate surface area is 73.0 Å². The van der Waals surface area contributed by atoms with Crippen molar-refractivity contribution in [2.75, 3.05) is 0 Å². The van der Waals surface area contributed by atoms with E-state index in [0.717, 1.165) is 17.5 Å². The number of rotatable bonds is 2. The Hall–Kier alpha value is -1.02. The summed E-state index contributed by atoms with van der Waals surface area (Å²) in [5.74, 6) is 0.355. The lowest BCUT2D eigenvalue weighted by Crippen LogP contribution is -2.18. The number of phenols is 1. The van der Waals surface area contributed by atoms with Crippen LogP contribution in [0.15, 0.2) is 18.2 Å². The highest BCUT2D eigenvalue weighted by molar-refractivity contribution is 5.38. The highest BCUT2D eigenvalue weighted by Gasteiger charge is 2.03. The lowest BCUT2D eigenvalue weighted by Gasteiger charge is -2.09. The average molecular weight is 165 g/mol. The first-order valence-electron chi connectivity index (χ1n) is 4.14. The molecule has 0 fully saturated rings. The minimum absolute atomic E-state index is 0.144. The second-order valence-corrected chi connectivity index (χ2v) is 3.24. The van der Waals surface area contributed by atoms with Crippen molar-refractivity contribution in [3.63, 3.8) is 0 Å². The molecule has 0 heterocycles. The maximum absolute atomic E-state index is 9.37. The lowest BCUT2D eigenvalue weighted by atomic mass is 10.0. The number of hydrogen-bond donors (Lipinski definition) is 2. The van der Waals surface area contributed by atoms with E-state index in [1.165, 1.54) is 0 Å². The Morgan fingerprint density at radius 3 is 2.75 bits per heavy atom. The number of benzene rings is 1. The van der Waals surface area contributed by atoms with Crippen LogP contribution in [-0.4, -0.2) is 11.1 Å². The van der Waals surface area contributed by atoms with Crippen molar-refractivity contribution in [2.24, 2.45) is 5.73 Å². The molecule has 0 radical (unpaired) electrons. The van der Waals surface area contributed by atoms with E-state index in [4.69, 9.17) is 5.73 Å². The topological polar surface area (TPSA) is 46.2 Å². The summed E-state index contributed by atoms with van der Waals surface area (Å²) in [4.78, 5) is 0. The van der Waals surface area contributed by atoms with E-state index >= 15 is 0 Å². The molecule has 0 aliphatic carbocycles. The molecule has 2 heteroatoms. The minimum atomic E-state index is 0.144. The molecule has 0 aromatic heterocycles. The molecule has 0 spiro atoms. The molecule has 3 N–H and O–H groups in total. The van der Waals surface area contributed by atoms with E-state index in [1.54, 1.807) is 6.07 Å². The summed E-state index contributed by atoms with van der Waals surface area (Å²) in [5, 5.41) is 9.37. The Balaban J connectivity index is 2.92. The first-order valence-corrected chi connectivity index (χ1v) is 4.14. The standard InChI is InChI=1S/C10H15NO/c1-7(11)6-9-4-3-5-10(12)8(9)2/h3-5,7,12H,6,11H2,1-2H3/t7-/m1/s1. The third-order valence-electron chi connectivity index (χ3n) is 1.96. The first-order chi connectivity index (χ1) is 5.61. The van der Waals surface area contributed by atoms with Gasteiger partial charge in [-0.2, -0.15) is 0 Å². The van der Waals surface area contributed by atoms with Gasteiger partial charge in [0.2, 0.25) is 0 Å². The van der Waals surface area contributed by atoms with Gasteiger partial charge in [0, 0.05) is 6.04 Å². The molecule has 1 aromatic carbocycles. The largest absolute Gasteiger partial charge is 0.508 e. The molecular weight excluding hydrogens is 150 g/mol. The van der Waals surface area contributed by atoms with Gasteiger partial charge in [0.05, 0.1) is 0 Å². The Morgan fingerprint density at radius 2 is 2.17 bits per heavy atom. The van der Waals surface area contributed by atoms with Crippen molar-refractivity contribution in [2.45, 2.75) is 26.3 Å². The van der Waals surface area contributed by atoms with Crippen molar-refractivity contribution >= 4 is 0 Å². The second-order valence-electron chi connectivity index (χ2n) is 3.24. The van der Waals surface area contributed by atoms with Gasteiger partial charge < -0.3 is 10.8 Å². The highest BCUT2D eigenvalue weighted by Crippen LogP contribution is 2.20. The quantitative estimate of drug-likeness (QED) is 0.699. The maximum Gasteiger partial charge on any atom is 0.118 e. The molecule has 0 saturated carbocycles. The van der Waals surface area contributed by atoms with E-state index in [9.17, 15) is 5.11 Å². The van der Waals surface area contributed by atoms with Gasteiger partial charge in [-0.25, -0.2) is 0 Å². The summed E-state index contributed by atoms with van der Waals surface area (Å²) in [5.41, 5.74) is 7.73. The Kier molecular flexibility index (Phi) is 2.71. The predicted molar refractivity (Wildman–Crippen MR) is 50.2 cm³/mol. The highest BCUT2D eigenvalue weighted by atomic mass is 16.3. The monoisotopic (exact) mass is 165 g/mol. The fourth-order valence-corrected chi connectivity index (χ4v) is 1.24. The van der Waals surface area contributed by atoms with Gasteiger partial charge >= 0.3 is 0 Å². The Morgan fingerprint density at radius 1 is 1.50 bits per heavy atom. The van der Waals surface area contributed by atoms with Crippen molar-refractivity contribution in [3.8, 4) is 5.75 Å². The van der Waals surface area contributed by atoms with Crippen LogP contribution in [0.25, 0.3) is 0 Å². The number of aromatic hydroxyl groups is 1. The molecule has 0 aliphatic rings. The van der Waals surface area contributed by atoms with Crippen LogP contribution in [0.1, 0.15) is 18.1 Å². The first kappa shape index (κ1) is 9.07. The van der Waals surface area contributed by atoms with E-state index in [0.29, 0.717) is 5.75 Å².